The van der Waals surface area contributed by atoms with Gasteiger partial charge in [0.05, 0.1) is 43.7 Å². The number of benzene rings is 3. The Balaban J connectivity index is 1.61. The van der Waals surface area contributed by atoms with Gasteiger partial charge in [-0.25, -0.2) is 9.79 Å². The number of rotatable bonds is 11. The zero-order chi connectivity index (χ0) is 32.8. The number of nitrogens with one attached hydrogen (secondary N) is 1. The van der Waals surface area contributed by atoms with Crippen molar-refractivity contribution in [2.45, 2.75) is 19.9 Å². The minimum absolute atomic E-state index is 0.250. The van der Waals surface area contributed by atoms with E-state index in [2.05, 4.69) is 5.32 Å². The second-order valence-corrected chi connectivity index (χ2v) is 11.0. The van der Waals surface area contributed by atoms with Crippen LogP contribution in [0.2, 0.25) is 0 Å². The van der Waals surface area contributed by atoms with Crippen LogP contribution in [0.3, 0.4) is 0 Å². The standard InChI is InChI=1S/C34H33N3O8S/c1-6-44-29(38)19-45-25-15-12-21(16-27(25)43-5)17-28-33(40)37-31(24-14-13-23(41-3)18-26(24)42-4)30(20(2)35-34(37)46-28)32(39)36-22-10-8-7-9-11-22/h7-18,31H,6,19H2,1-5H3,(H,36,39)/b28-17-/t31-/m1/s1. The molecule has 5 rings (SSSR count). The summed E-state index contributed by atoms with van der Waals surface area (Å²) in [4.78, 5) is 44.9. The van der Waals surface area contributed by atoms with Crippen molar-refractivity contribution in [3.63, 3.8) is 0 Å². The van der Waals surface area contributed by atoms with Gasteiger partial charge in [0.15, 0.2) is 22.9 Å². The van der Waals surface area contributed by atoms with Crippen molar-refractivity contribution in [1.82, 2.24) is 4.57 Å². The van der Waals surface area contributed by atoms with Crippen LogP contribution in [0.5, 0.6) is 23.0 Å². The summed E-state index contributed by atoms with van der Waals surface area (Å²) in [6, 6.07) is 18.6. The first-order valence-corrected chi connectivity index (χ1v) is 15.2. The number of aromatic nitrogens is 1. The number of carbonyl (C=O) groups is 2. The lowest BCUT2D eigenvalue weighted by atomic mass is 9.94. The molecule has 1 N–H and O–H groups in total. The number of ether oxygens (including phenoxy) is 5. The quantitative estimate of drug-likeness (QED) is 0.245. The molecule has 0 saturated carbocycles. The maximum atomic E-state index is 14.2. The number of hydrogen-bond acceptors (Lipinski definition) is 10. The molecule has 1 aromatic heterocycles. The molecule has 1 atom stereocenters. The van der Waals surface area contributed by atoms with Crippen molar-refractivity contribution >= 4 is 35.0 Å². The summed E-state index contributed by atoms with van der Waals surface area (Å²) in [5, 5.41) is 2.94. The molecule has 0 bridgehead atoms. The van der Waals surface area contributed by atoms with E-state index in [9.17, 15) is 14.4 Å². The maximum absolute atomic E-state index is 14.2. The van der Waals surface area contributed by atoms with E-state index in [-0.39, 0.29) is 18.8 Å². The van der Waals surface area contributed by atoms with Gasteiger partial charge in [-0.05, 0) is 61.9 Å². The van der Waals surface area contributed by atoms with Crippen LogP contribution in [0, 0.1) is 0 Å². The average molecular weight is 644 g/mol. The highest BCUT2D eigenvalue weighted by molar-refractivity contribution is 7.07. The lowest BCUT2D eigenvalue weighted by Crippen LogP contribution is -2.40. The van der Waals surface area contributed by atoms with Crippen molar-refractivity contribution in [3.05, 3.63) is 109 Å². The van der Waals surface area contributed by atoms with Crippen molar-refractivity contribution in [2.75, 3.05) is 39.9 Å². The summed E-state index contributed by atoms with van der Waals surface area (Å²) in [7, 11) is 4.56. The van der Waals surface area contributed by atoms with Crippen molar-refractivity contribution in [2.24, 2.45) is 4.99 Å². The Bertz CT molecular complexity index is 1980. The molecule has 0 aliphatic carbocycles. The van der Waals surface area contributed by atoms with Gasteiger partial charge in [-0.1, -0.05) is 35.6 Å². The first-order chi connectivity index (χ1) is 22.3. The normalized spacial score (nSPS) is 14.2. The summed E-state index contributed by atoms with van der Waals surface area (Å²) < 4.78 is 29.0. The molecule has 0 spiro atoms. The molecule has 1 aliphatic heterocycles. The molecule has 1 amide bonds. The minimum Gasteiger partial charge on any atom is -0.497 e. The van der Waals surface area contributed by atoms with E-state index in [4.69, 9.17) is 28.7 Å². The van der Waals surface area contributed by atoms with E-state index in [1.807, 2.05) is 18.2 Å². The van der Waals surface area contributed by atoms with Gasteiger partial charge in [-0.2, -0.15) is 0 Å². The fourth-order valence-electron chi connectivity index (χ4n) is 5.05. The zero-order valence-corrected chi connectivity index (χ0v) is 26.8. The van der Waals surface area contributed by atoms with Crippen LogP contribution < -0.4 is 39.2 Å². The summed E-state index contributed by atoms with van der Waals surface area (Å²) in [6.45, 7) is 3.45. The summed E-state index contributed by atoms with van der Waals surface area (Å²) in [5.74, 6) is 0.847. The van der Waals surface area contributed by atoms with Crippen LogP contribution in [0.25, 0.3) is 6.08 Å². The third-order valence-corrected chi connectivity index (χ3v) is 8.15. The molecule has 1 aliphatic rings. The van der Waals surface area contributed by atoms with Crippen molar-refractivity contribution < 1.29 is 33.3 Å². The van der Waals surface area contributed by atoms with Gasteiger partial charge in [0.25, 0.3) is 11.5 Å². The number of nitrogens with zero attached hydrogens (tertiary/aromatic N) is 2. The Morgan fingerprint density at radius 1 is 0.957 bits per heavy atom. The number of anilines is 1. The van der Waals surface area contributed by atoms with Crippen LogP contribution in [-0.4, -0.2) is 51.0 Å². The lowest BCUT2D eigenvalue weighted by Gasteiger charge is -2.26. The molecule has 0 saturated heterocycles. The summed E-state index contributed by atoms with van der Waals surface area (Å²) >= 11 is 1.20. The van der Waals surface area contributed by atoms with Crippen molar-refractivity contribution in [1.29, 1.82) is 0 Å². The number of hydrogen-bond donors (Lipinski definition) is 1. The van der Waals surface area contributed by atoms with E-state index in [0.29, 0.717) is 60.4 Å². The SMILES string of the molecule is CCOC(=O)COc1ccc(/C=c2\sc3n(c2=O)[C@H](c2ccc(OC)cc2OC)C(C(=O)Nc2ccccc2)=C(C)N=3)cc1OC. The number of allylic oxidation sites excluding steroid dienone is 1. The molecular weight excluding hydrogens is 610 g/mol. The Morgan fingerprint density at radius 2 is 1.72 bits per heavy atom. The van der Waals surface area contributed by atoms with E-state index >= 15 is 0 Å². The molecule has 12 heteroatoms. The molecule has 238 valence electrons. The predicted molar refractivity (Wildman–Crippen MR) is 174 cm³/mol. The minimum atomic E-state index is -0.851. The molecule has 0 unspecified atom stereocenters. The van der Waals surface area contributed by atoms with E-state index in [1.54, 1.807) is 75.6 Å². The number of esters is 1. The fraction of sp³-hybridized carbons (Fsp3) is 0.235. The van der Waals surface area contributed by atoms with Crippen LogP contribution in [0.15, 0.2) is 87.8 Å². The van der Waals surface area contributed by atoms with Gasteiger partial charge in [0, 0.05) is 17.3 Å². The maximum Gasteiger partial charge on any atom is 0.344 e. The Hall–Kier alpha value is -5.36. The van der Waals surface area contributed by atoms with Crippen LogP contribution in [0.4, 0.5) is 5.69 Å². The molecular formula is C34H33N3O8S. The molecule has 3 aromatic carbocycles. The van der Waals surface area contributed by atoms with Crippen LogP contribution >= 0.6 is 11.3 Å². The number of carbonyl (C=O) groups excluding carboxylic acids is 2. The van der Waals surface area contributed by atoms with Gasteiger partial charge in [-0.15, -0.1) is 0 Å². The third kappa shape index (κ3) is 6.66. The largest absolute Gasteiger partial charge is 0.497 e. The molecule has 0 radical (unpaired) electrons. The van der Waals surface area contributed by atoms with Crippen LogP contribution in [0.1, 0.15) is 31.0 Å². The molecule has 0 fully saturated rings. The summed E-state index contributed by atoms with van der Waals surface area (Å²) in [6.07, 6.45) is 1.72. The van der Waals surface area contributed by atoms with Crippen LogP contribution in [-0.2, 0) is 14.3 Å². The molecule has 4 aromatic rings. The second-order valence-electron chi connectivity index (χ2n) is 10.0. The highest BCUT2D eigenvalue weighted by Crippen LogP contribution is 2.37. The number of fused-ring (bicyclic) bond motifs is 1. The molecule has 11 nitrogen and oxygen atoms in total. The fourth-order valence-corrected chi connectivity index (χ4v) is 6.10. The van der Waals surface area contributed by atoms with Gasteiger partial charge in [0.1, 0.15) is 17.5 Å². The number of amides is 1. The van der Waals surface area contributed by atoms with E-state index in [1.165, 1.54) is 30.1 Å². The third-order valence-electron chi connectivity index (χ3n) is 7.17. The summed E-state index contributed by atoms with van der Waals surface area (Å²) in [5.41, 5.74) is 2.28. The first-order valence-electron chi connectivity index (χ1n) is 14.3. The average Bonchev–Trinajstić information content (AvgIpc) is 3.37. The van der Waals surface area contributed by atoms with Gasteiger partial charge < -0.3 is 29.0 Å². The highest BCUT2D eigenvalue weighted by atomic mass is 32.1. The predicted octanol–water partition coefficient (Wildman–Crippen LogP) is 3.84. The monoisotopic (exact) mass is 643 g/mol. The van der Waals surface area contributed by atoms with E-state index < -0.39 is 17.9 Å². The zero-order valence-electron chi connectivity index (χ0n) is 26.0. The van der Waals surface area contributed by atoms with Gasteiger partial charge in [0.2, 0.25) is 0 Å². The van der Waals surface area contributed by atoms with Crippen molar-refractivity contribution in [3.8, 4) is 23.0 Å². The lowest BCUT2D eigenvalue weighted by molar-refractivity contribution is -0.145. The number of thiazole rings is 1. The van der Waals surface area contributed by atoms with Gasteiger partial charge in [-0.3, -0.25) is 14.2 Å². The molecule has 2 heterocycles. The number of para-hydroxylation sites is 1. The Kier molecular flexibility index (Phi) is 9.87. The molecule has 46 heavy (non-hydrogen) atoms. The highest BCUT2D eigenvalue weighted by Gasteiger charge is 2.34. The van der Waals surface area contributed by atoms with E-state index in [0.717, 1.165) is 0 Å². The number of methoxy groups -OCH3 is 3. The second kappa shape index (κ2) is 14.2. The topological polar surface area (TPSA) is 127 Å². The smallest absolute Gasteiger partial charge is 0.344 e. The Morgan fingerprint density at radius 3 is 2.41 bits per heavy atom. The van der Waals surface area contributed by atoms with Gasteiger partial charge >= 0.3 is 5.97 Å². The Labute approximate surface area is 269 Å². The first kappa shape index (κ1) is 32.0.